The Balaban J connectivity index is 1.81. The lowest BCUT2D eigenvalue weighted by molar-refractivity contribution is 0.166. The van der Waals surface area contributed by atoms with Crippen LogP contribution in [0.25, 0.3) is 0 Å². The largest absolute Gasteiger partial charge is 0.437 e. The molecular formula is C19H15N3O2. The van der Waals surface area contributed by atoms with E-state index in [1.54, 1.807) is 18.3 Å². The number of hydrogen-bond acceptors (Lipinski definition) is 4. The molecule has 0 saturated carbocycles. The van der Waals surface area contributed by atoms with Gasteiger partial charge < -0.3 is 0 Å². The van der Waals surface area contributed by atoms with Gasteiger partial charge in [0.2, 0.25) is 0 Å². The number of aromatic nitrogens is 1. The van der Waals surface area contributed by atoms with Gasteiger partial charge in [-0.15, -0.1) is 0 Å². The number of nitrogens with one attached hydrogen (secondary N) is 1. The number of hydrogen-bond donors (Lipinski definition) is 1. The number of carbonyl (C=O) groups is 1. The van der Waals surface area contributed by atoms with Crippen molar-refractivity contribution in [3.8, 4) is 0 Å². The summed E-state index contributed by atoms with van der Waals surface area (Å²) in [7, 11) is 0. The molecule has 1 N–H and O–H groups in total. The normalized spacial score (nSPS) is 10.9. The zero-order valence-corrected chi connectivity index (χ0v) is 12.8. The second kappa shape index (κ2) is 7.69. The minimum atomic E-state index is -0.662. The lowest BCUT2D eigenvalue weighted by Crippen LogP contribution is -2.13. The van der Waals surface area contributed by atoms with Gasteiger partial charge in [0.15, 0.2) is 0 Å². The van der Waals surface area contributed by atoms with E-state index in [-0.39, 0.29) is 0 Å². The summed E-state index contributed by atoms with van der Waals surface area (Å²) in [5.74, 6) is 0. The van der Waals surface area contributed by atoms with Crippen LogP contribution >= 0.6 is 0 Å². The van der Waals surface area contributed by atoms with Crippen LogP contribution in [-0.4, -0.2) is 16.8 Å². The Labute approximate surface area is 139 Å². The number of oxime groups is 1. The Morgan fingerprint density at radius 1 is 0.875 bits per heavy atom. The smallest absolute Gasteiger partial charge is 0.297 e. The van der Waals surface area contributed by atoms with E-state index >= 15 is 0 Å². The summed E-state index contributed by atoms with van der Waals surface area (Å²) in [6, 6.07) is 24.0. The van der Waals surface area contributed by atoms with Crippen LogP contribution in [0.1, 0.15) is 11.3 Å². The second-order valence-electron chi connectivity index (χ2n) is 4.89. The zero-order valence-electron chi connectivity index (χ0n) is 12.8. The molecule has 3 aromatic rings. The summed E-state index contributed by atoms with van der Waals surface area (Å²) in [5.41, 5.74) is 2.55. The fourth-order valence-electron chi connectivity index (χ4n) is 2.10. The van der Waals surface area contributed by atoms with Crippen molar-refractivity contribution < 1.29 is 9.63 Å². The average Bonchev–Trinajstić information content (AvgIpc) is 2.64. The van der Waals surface area contributed by atoms with Gasteiger partial charge in [-0.2, -0.15) is 0 Å². The molecule has 0 fully saturated rings. The van der Waals surface area contributed by atoms with Gasteiger partial charge in [0.25, 0.3) is 0 Å². The Bertz CT molecular complexity index is 778. The fraction of sp³-hybridized carbons (Fsp3) is 0. The topological polar surface area (TPSA) is 63.6 Å². The molecule has 3 rings (SSSR count). The molecule has 0 aliphatic heterocycles. The first-order valence-electron chi connectivity index (χ1n) is 7.41. The first-order chi connectivity index (χ1) is 11.8. The van der Waals surface area contributed by atoms with Crippen LogP contribution in [-0.2, 0) is 4.84 Å². The number of benzene rings is 2. The third-order valence-corrected chi connectivity index (χ3v) is 3.19. The maximum absolute atomic E-state index is 11.9. The van der Waals surface area contributed by atoms with Crippen molar-refractivity contribution in [1.82, 2.24) is 4.98 Å². The Morgan fingerprint density at radius 3 is 2.21 bits per heavy atom. The molecule has 118 valence electrons. The Kier molecular flexibility index (Phi) is 4.94. The van der Waals surface area contributed by atoms with Crippen molar-refractivity contribution in [3.05, 3.63) is 96.3 Å². The van der Waals surface area contributed by atoms with E-state index in [1.165, 1.54) is 0 Å². The molecule has 5 nitrogen and oxygen atoms in total. The van der Waals surface area contributed by atoms with Crippen LogP contribution in [0, 0.1) is 0 Å². The number of anilines is 1. The van der Waals surface area contributed by atoms with Crippen molar-refractivity contribution in [2.24, 2.45) is 5.16 Å². The summed E-state index contributed by atoms with van der Waals surface area (Å²) in [5, 5.41) is 6.61. The molecule has 0 saturated heterocycles. The minimum absolute atomic E-state index is 0.486. The molecule has 0 aliphatic rings. The molecular weight excluding hydrogens is 302 g/mol. The van der Waals surface area contributed by atoms with Crippen molar-refractivity contribution in [2.45, 2.75) is 0 Å². The van der Waals surface area contributed by atoms with Gasteiger partial charge >= 0.3 is 6.09 Å². The maximum atomic E-state index is 11.9. The van der Waals surface area contributed by atoms with Crippen LogP contribution in [0.3, 0.4) is 0 Å². The van der Waals surface area contributed by atoms with Gasteiger partial charge in [-0.25, -0.2) is 4.79 Å². The highest BCUT2D eigenvalue weighted by molar-refractivity contribution is 6.11. The predicted octanol–water partition coefficient (Wildman–Crippen LogP) is 4.08. The summed E-state index contributed by atoms with van der Waals surface area (Å²) >= 11 is 0. The van der Waals surface area contributed by atoms with Gasteiger partial charge in [-0.3, -0.25) is 15.1 Å². The first kappa shape index (κ1) is 15.4. The van der Waals surface area contributed by atoms with Crippen molar-refractivity contribution >= 4 is 17.5 Å². The van der Waals surface area contributed by atoms with Crippen LogP contribution in [0.15, 0.2) is 90.2 Å². The summed E-state index contributed by atoms with van der Waals surface area (Å²) in [4.78, 5) is 21.2. The highest BCUT2D eigenvalue weighted by Crippen LogP contribution is 2.10. The molecule has 1 heterocycles. The number of rotatable bonds is 4. The molecule has 1 amide bonds. The highest BCUT2D eigenvalue weighted by Gasteiger charge is 2.10. The highest BCUT2D eigenvalue weighted by atomic mass is 16.7. The van der Waals surface area contributed by atoms with Gasteiger partial charge in [0.05, 0.1) is 5.69 Å². The average molecular weight is 317 g/mol. The SMILES string of the molecule is O=C(Nc1ccccc1)O/N=C(/c1ccccc1)c1ccccn1. The number of pyridine rings is 1. The van der Waals surface area contributed by atoms with E-state index in [4.69, 9.17) is 4.84 Å². The van der Waals surface area contributed by atoms with Gasteiger partial charge in [-0.1, -0.05) is 59.8 Å². The second-order valence-corrected chi connectivity index (χ2v) is 4.89. The van der Waals surface area contributed by atoms with Crippen LogP contribution < -0.4 is 5.32 Å². The number of amides is 1. The molecule has 0 atom stereocenters. The number of carbonyl (C=O) groups excluding carboxylic acids is 1. The molecule has 1 aromatic heterocycles. The molecule has 0 radical (unpaired) electrons. The van der Waals surface area contributed by atoms with Gasteiger partial charge in [-0.05, 0) is 24.3 Å². The standard InChI is InChI=1S/C19H15N3O2/c23-19(21-16-11-5-2-6-12-16)24-22-18(15-9-3-1-4-10-15)17-13-7-8-14-20-17/h1-14H,(H,21,23)/b22-18-. The minimum Gasteiger partial charge on any atom is -0.297 e. The van der Waals surface area contributed by atoms with E-state index in [0.29, 0.717) is 17.1 Å². The number of para-hydroxylation sites is 1. The Hall–Kier alpha value is -3.47. The Morgan fingerprint density at radius 2 is 1.54 bits per heavy atom. The monoisotopic (exact) mass is 317 g/mol. The fourth-order valence-corrected chi connectivity index (χ4v) is 2.10. The molecule has 0 unspecified atom stereocenters. The van der Waals surface area contributed by atoms with E-state index in [2.05, 4.69) is 15.5 Å². The molecule has 24 heavy (non-hydrogen) atoms. The third kappa shape index (κ3) is 4.04. The lowest BCUT2D eigenvalue weighted by Gasteiger charge is -2.06. The summed E-state index contributed by atoms with van der Waals surface area (Å²) in [6.07, 6.45) is 1.00. The summed E-state index contributed by atoms with van der Waals surface area (Å²) in [6.45, 7) is 0. The molecule has 0 spiro atoms. The van der Waals surface area contributed by atoms with E-state index in [9.17, 15) is 4.79 Å². The molecule has 0 bridgehead atoms. The van der Waals surface area contributed by atoms with Gasteiger partial charge in [0, 0.05) is 17.4 Å². The van der Waals surface area contributed by atoms with Crippen LogP contribution in [0.5, 0.6) is 0 Å². The van der Waals surface area contributed by atoms with Crippen LogP contribution in [0.4, 0.5) is 10.5 Å². The zero-order chi connectivity index (χ0) is 16.6. The molecule has 2 aromatic carbocycles. The summed E-state index contributed by atoms with van der Waals surface area (Å²) < 4.78 is 0. The van der Waals surface area contributed by atoms with Crippen LogP contribution in [0.2, 0.25) is 0 Å². The van der Waals surface area contributed by atoms with Crippen molar-refractivity contribution in [1.29, 1.82) is 0 Å². The quantitative estimate of drug-likeness (QED) is 0.448. The predicted molar refractivity (Wildman–Crippen MR) is 92.9 cm³/mol. The van der Waals surface area contributed by atoms with Gasteiger partial charge in [0.1, 0.15) is 5.71 Å². The number of nitrogens with zero attached hydrogens (tertiary/aromatic N) is 2. The third-order valence-electron chi connectivity index (χ3n) is 3.19. The molecule has 5 heteroatoms. The van der Waals surface area contributed by atoms with Crippen molar-refractivity contribution in [2.75, 3.05) is 5.32 Å². The van der Waals surface area contributed by atoms with E-state index < -0.39 is 6.09 Å². The maximum Gasteiger partial charge on any atom is 0.437 e. The molecule has 0 aliphatic carbocycles. The lowest BCUT2D eigenvalue weighted by atomic mass is 10.1. The van der Waals surface area contributed by atoms with E-state index in [1.807, 2.05) is 66.7 Å². The van der Waals surface area contributed by atoms with Crippen molar-refractivity contribution in [3.63, 3.8) is 0 Å². The van der Waals surface area contributed by atoms with E-state index in [0.717, 1.165) is 5.56 Å². The first-order valence-corrected chi connectivity index (χ1v) is 7.41.